The van der Waals surface area contributed by atoms with Gasteiger partial charge in [0.15, 0.2) is 0 Å². The zero-order valence-electron chi connectivity index (χ0n) is 6.90. The largest absolute Gasteiger partial charge is 0.465 e. The summed E-state index contributed by atoms with van der Waals surface area (Å²) in [6, 6.07) is 1.14. The van der Waals surface area contributed by atoms with Crippen molar-refractivity contribution in [3.8, 4) is 6.07 Å². The number of ether oxygens (including phenoxy) is 1. The van der Waals surface area contributed by atoms with Crippen LogP contribution in [0.15, 0.2) is 11.1 Å². The van der Waals surface area contributed by atoms with Crippen molar-refractivity contribution in [1.29, 1.82) is 5.26 Å². The lowest BCUT2D eigenvalue weighted by atomic mass is 10.1. The van der Waals surface area contributed by atoms with E-state index < -0.39 is 23.3 Å². The predicted octanol–water partition coefficient (Wildman–Crippen LogP) is 1.56. The fourth-order valence-corrected chi connectivity index (χ4v) is 0.526. The van der Waals surface area contributed by atoms with Crippen molar-refractivity contribution in [2.24, 2.45) is 0 Å². The first-order valence-corrected chi connectivity index (χ1v) is 3.11. The van der Waals surface area contributed by atoms with Crippen molar-refractivity contribution < 1.29 is 22.7 Å². The highest BCUT2D eigenvalue weighted by Gasteiger charge is 2.35. The van der Waals surface area contributed by atoms with Crippen molar-refractivity contribution in [3.05, 3.63) is 11.1 Å². The van der Waals surface area contributed by atoms with Crippen LogP contribution in [0.2, 0.25) is 0 Å². The molecule has 6 heteroatoms. The second-order valence-corrected chi connectivity index (χ2v) is 2.10. The number of esters is 1. The fourth-order valence-electron chi connectivity index (χ4n) is 0.526. The number of nitriles is 1. The molecule has 0 saturated heterocycles. The first kappa shape index (κ1) is 11.5. The first-order valence-electron chi connectivity index (χ1n) is 3.11. The SMILES string of the molecule is COC(=O)/C(C#N)=C(\C)C(F)(F)F. The molecule has 0 N–H and O–H groups in total. The van der Waals surface area contributed by atoms with E-state index in [1.54, 1.807) is 0 Å². The van der Waals surface area contributed by atoms with E-state index in [4.69, 9.17) is 5.26 Å². The fraction of sp³-hybridized carbons (Fsp3) is 0.429. The van der Waals surface area contributed by atoms with Crippen molar-refractivity contribution >= 4 is 5.97 Å². The van der Waals surface area contributed by atoms with E-state index in [0.717, 1.165) is 13.2 Å². The van der Waals surface area contributed by atoms with Crippen LogP contribution in [-0.4, -0.2) is 19.3 Å². The molecule has 0 rings (SSSR count). The molecule has 0 spiro atoms. The van der Waals surface area contributed by atoms with E-state index in [9.17, 15) is 18.0 Å². The first-order chi connectivity index (χ1) is 5.84. The Morgan fingerprint density at radius 2 is 1.92 bits per heavy atom. The van der Waals surface area contributed by atoms with Gasteiger partial charge in [0.2, 0.25) is 0 Å². The second kappa shape index (κ2) is 3.94. The van der Waals surface area contributed by atoms with Gasteiger partial charge in [-0.05, 0) is 6.92 Å². The van der Waals surface area contributed by atoms with Gasteiger partial charge < -0.3 is 4.74 Å². The predicted molar refractivity (Wildman–Crippen MR) is 36.4 cm³/mol. The maximum absolute atomic E-state index is 12.0. The van der Waals surface area contributed by atoms with Gasteiger partial charge in [-0.1, -0.05) is 0 Å². The van der Waals surface area contributed by atoms with Crippen LogP contribution in [0.25, 0.3) is 0 Å². The molecule has 0 radical (unpaired) electrons. The zero-order chi connectivity index (χ0) is 10.6. The Kier molecular flexibility index (Phi) is 3.48. The molecule has 0 amide bonds. The van der Waals surface area contributed by atoms with Crippen LogP contribution in [-0.2, 0) is 9.53 Å². The lowest BCUT2D eigenvalue weighted by Gasteiger charge is -2.07. The van der Waals surface area contributed by atoms with Crippen molar-refractivity contribution in [2.45, 2.75) is 13.1 Å². The van der Waals surface area contributed by atoms with Crippen molar-refractivity contribution in [3.63, 3.8) is 0 Å². The molecule has 72 valence electrons. The third-order valence-electron chi connectivity index (χ3n) is 1.30. The Bertz CT molecular complexity index is 285. The number of nitrogens with zero attached hydrogens (tertiary/aromatic N) is 1. The highest BCUT2D eigenvalue weighted by atomic mass is 19.4. The molecule has 13 heavy (non-hydrogen) atoms. The minimum absolute atomic E-state index is 0.648. The summed E-state index contributed by atoms with van der Waals surface area (Å²) in [5.74, 6) is -1.28. The van der Waals surface area contributed by atoms with Crippen molar-refractivity contribution in [1.82, 2.24) is 0 Å². The number of hydrogen-bond acceptors (Lipinski definition) is 3. The van der Waals surface area contributed by atoms with Crippen LogP contribution >= 0.6 is 0 Å². The maximum atomic E-state index is 12.0. The summed E-state index contributed by atoms with van der Waals surface area (Å²) in [5.41, 5.74) is -2.27. The summed E-state index contributed by atoms with van der Waals surface area (Å²) in [4.78, 5) is 10.6. The molecular weight excluding hydrogens is 187 g/mol. The van der Waals surface area contributed by atoms with Crippen LogP contribution in [0.3, 0.4) is 0 Å². The second-order valence-electron chi connectivity index (χ2n) is 2.10. The Hall–Kier alpha value is -1.51. The number of methoxy groups -OCH3 is 1. The molecule has 0 aromatic carbocycles. The summed E-state index contributed by atoms with van der Waals surface area (Å²) >= 11 is 0. The smallest absolute Gasteiger partial charge is 0.413 e. The van der Waals surface area contributed by atoms with Crippen LogP contribution < -0.4 is 0 Å². The highest BCUT2D eigenvalue weighted by Crippen LogP contribution is 2.27. The highest BCUT2D eigenvalue weighted by molar-refractivity contribution is 5.93. The molecule has 0 aromatic heterocycles. The molecule has 3 nitrogen and oxygen atoms in total. The van der Waals surface area contributed by atoms with Gasteiger partial charge in [-0.2, -0.15) is 18.4 Å². The molecule has 0 aliphatic carbocycles. The average molecular weight is 193 g/mol. The van der Waals surface area contributed by atoms with E-state index in [2.05, 4.69) is 4.74 Å². The summed E-state index contributed by atoms with van der Waals surface area (Å²) in [5, 5.41) is 8.25. The van der Waals surface area contributed by atoms with E-state index in [-0.39, 0.29) is 0 Å². The van der Waals surface area contributed by atoms with Gasteiger partial charge in [0.1, 0.15) is 11.6 Å². The Morgan fingerprint density at radius 1 is 1.46 bits per heavy atom. The summed E-state index contributed by atoms with van der Waals surface area (Å²) in [6.45, 7) is 0.648. The van der Waals surface area contributed by atoms with Gasteiger partial charge in [-0.3, -0.25) is 0 Å². The standard InChI is InChI=1S/C7H6F3NO2/c1-4(7(8,9)10)5(3-11)6(12)13-2/h1-2H3/b5-4+. The number of alkyl halides is 3. The quantitative estimate of drug-likeness (QED) is 0.360. The van der Waals surface area contributed by atoms with Gasteiger partial charge in [0.05, 0.1) is 12.7 Å². The third-order valence-corrected chi connectivity index (χ3v) is 1.30. The molecule has 0 aliphatic rings. The Labute approximate surface area is 72.4 Å². The topological polar surface area (TPSA) is 50.1 Å². The normalized spacial score (nSPS) is 12.9. The van der Waals surface area contributed by atoms with Crippen molar-refractivity contribution in [2.75, 3.05) is 7.11 Å². The van der Waals surface area contributed by atoms with Crippen LogP contribution in [0.4, 0.5) is 13.2 Å². The van der Waals surface area contributed by atoms with E-state index in [1.807, 2.05) is 0 Å². The molecule has 0 aromatic rings. The molecule has 0 saturated carbocycles. The molecule has 0 fully saturated rings. The number of hydrogen-bond donors (Lipinski definition) is 0. The molecule has 0 aliphatic heterocycles. The minimum atomic E-state index is -4.68. The summed E-state index contributed by atoms with van der Waals surface area (Å²) < 4.78 is 39.9. The number of rotatable bonds is 1. The van der Waals surface area contributed by atoms with Gasteiger partial charge in [0, 0.05) is 0 Å². The van der Waals surface area contributed by atoms with E-state index >= 15 is 0 Å². The van der Waals surface area contributed by atoms with E-state index in [1.165, 1.54) is 0 Å². The Morgan fingerprint density at radius 3 is 2.15 bits per heavy atom. The van der Waals surface area contributed by atoms with Crippen LogP contribution in [0, 0.1) is 11.3 Å². The molecule has 0 heterocycles. The number of carbonyl (C=O) groups excluding carboxylic acids is 1. The van der Waals surface area contributed by atoms with Gasteiger partial charge in [-0.15, -0.1) is 0 Å². The Balaban J connectivity index is 5.18. The number of allylic oxidation sites excluding steroid dienone is 1. The third kappa shape index (κ3) is 2.78. The lowest BCUT2D eigenvalue weighted by molar-refractivity contribution is -0.136. The van der Waals surface area contributed by atoms with Crippen LogP contribution in [0.1, 0.15) is 6.92 Å². The molecule has 0 atom stereocenters. The molecular formula is C7H6F3NO2. The maximum Gasteiger partial charge on any atom is 0.413 e. The monoisotopic (exact) mass is 193 g/mol. The number of halogens is 3. The van der Waals surface area contributed by atoms with E-state index in [0.29, 0.717) is 6.92 Å². The zero-order valence-corrected chi connectivity index (χ0v) is 6.90. The summed E-state index contributed by atoms with van der Waals surface area (Å²) in [6.07, 6.45) is -4.68. The molecule has 0 unspecified atom stereocenters. The lowest BCUT2D eigenvalue weighted by Crippen LogP contribution is -2.16. The van der Waals surface area contributed by atoms with Crippen LogP contribution in [0.5, 0.6) is 0 Å². The van der Waals surface area contributed by atoms with Gasteiger partial charge in [-0.25, -0.2) is 4.79 Å². The van der Waals surface area contributed by atoms with Gasteiger partial charge in [0.25, 0.3) is 0 Å². The average Bonchev–Trinajstić information content (AvgIpc) is 2.03. The molecule has 0 bridgehead atoms. The summed E-state index contributed by atoms with van der Waals surface area (Å²) in [7, 11) is 0.906. The van der Waals surface area contributed by atoms with Gasteiger partial charge >= 0.3 is 12.1 Å². The minimum Gasteiger partial charge on any atom is -0.465 e. The number of carbonyl (C=O) groups is 1.